The Balaban J connectivity index is 3.70. The van der Waals surface area contributed by atoms with Gasteiger partial charge in [0.15, 0.2) is 8.32 Å². The first-order valence-corrected chi connectivity index (χ1v) is 13.9. The van der Waals surface area contributed by atoms with Gasteiger partial charge in [0, 0.05) is 20.3 Å². The van der Waals surface area contributed by atoms with Crippen LogP contribution in [0.4, 0.5) is 0 Å². The van der Waals surface area contributed by atoms with Crippen molar-refractivity contribution in [2.24, 2.45) is 0 Å². The normalized spacial score (nSPS) is 16.7. The lowest BCUT2D eigenvalue weighted by Gasteiger charge is -2.22. The van der Waals surface area contributed by atoms with E-state index in [4.69, 9.17) is 28.1 Å². The SMILES string of the molecule is CCCOCC(C)OCC(C)OCC(C)OCC(C)OCCC[Si](C)(C)OC. The van der Waals surface area contributed by atoms with Gasteiger partial charge in [0.1, 0.15) is 0 Å². The lowest BCUT2D eigenvalue weighted by atomic mass is 10.3. The van der Waals surface area contributed by atoms with Crippen LogP contribution in [-0.4, -0.2) is 79.5 Å². The largest absolute Gasteiger partial charge is 0.420 e. The summed E-state index contributed by atoms with van der Waals surface area (Å²) in [5, 5.41) is 0. The molecule has 0 fully saturated rings. The Bertz CT molecular complexity index is 356. The Kier molecular flexibility index (Phi) is 16.7. The summed E-state index contributed by atoms with van der Waals surface area (Å²) in [6.45, 7) is 18.5. The minimum Gasteiger partial charge on any atom is -0.420 e. The summed E-state index contributed by atoms with van der Waals surface area (Å²) in [5.74, 6) is 0. The summed E-state index contributed by atoms with van der Waals surface area (Å²) < 4.78 is 34.3. The molecule has 28 heavy (non-hydrogen) atoms. The summed E-state index contributed by atoms with van der Waals surface area (Å²) in [6.07, 6.45) is 2.29. The molecule has 0 radical (unpaired) electrons. The fourth-order valence-corrected chi connectivity index (χ4v) is 3.57. The van der Waals surface area contributed by atoms with E-state index in [2.05, 4.69) is 20.0 Å². The predicted molar refractivity (Wildman–Crippen MR) is 117 cm³/mol. The summed E-state index contributed by atoms with van der Waals surface area (Å²) in [7, 11) is 0.333. The van der Waals surface area contributed by atoms with Crippen molar-refractivity contribution in [2.75, 3.05) is 46.8 Å². The van der Waals surface area contributed by atoms with Crippen LogP contribution >= 0.6 is 0 Å². The molecule has 0 aliphatic heterocycles. The molecule has 4 atom stereocenters. The number of hydrogen-bond donors (Lipinski definition) is 0. The zero-order chi connectivity index (χ0) is 21.4. The van der Waals surface area contributed by atoms with E-state index >= 15 is 0 Å². The molecule has 0 aromatic rings. The summed E-state index contributed by atoms with van der Waals surface area (Å²) >= 11 is 0. The van der Waals surface area contributed by atoms with Gasteiger partial charge in [-0.1, -0.05) is 6.92 Å². The Labute approximate surface area is 174 Å². The van der Waals surface area contributed by atoms with Crippen LogP contribution in [0.5, 0.6) is 0 Å². The molecular weight excluding hydrogens is 376 g/mol. The second-order valence-electron chi connectivity index (χ2n) is 8.26. The third-order valence-corrected chi connectivity index (χ3v) is 7.09. The lowest BCUT2D eigenvalue weighted by molar-refractivity contribution is -0.0920. The van der Waals surface area contributed by atoms with Gasteiger partial charge in [-0.15, -0.1) is 0 Å². The van der Waals surface area contributed by atoms with Crippen LogP contribution in [-0.2, 0) is 28.1 Å². The molecule has 0 N–H and O–H groups in total. The Morgan fingerprint density at radius 2 is 1.14 bits per heavy atom. The monoisotopic (exact) mass is 422 g/mol. The summed E-state index contributed by atoms with van der Waals surface area (Å²) in [6, 6.07) is 1.12. The van der Waals surface area contributed by atoms with E-state index in [0.717, 1.165) is 32.1 Å². The van der Waals surface area contributed by atoms with Crippen LogP contribution in [0.2, 0.25) is 19.1 Å². The maximum absolute atomic E-state index is 5.84. The van der Waals surface area contributed by atoms with E-state index in [1.54, 1.807) is 0 Å². The molecule has 6 nitrogen and oxygen atoms in total. The topological polar surface area (TPSA) is 55.4 Å². The first-order chi connectivity index (χ1) is 13.2. The van der Waals surface area contributed by atoms with Crippen molar-refractivity contribution in [3.8, 4) is 0 Å². The Hall–Kier alpha value is -0.0231. The van der Waals surface area contributed by atoms with Crippen molar-refractivity contribution in [1.82, 2.24) is 0 Å². The molecule has 0 amide bonds. The minimum absolute atomic E-state index is 0.0265. The zero-order valence-corrected chi connectivity index (χ0v) is 20.6. The van der Waals surface area contributed by atoms with Gasteiger partial charge in [0.2, 0.25) is 0 Å². The quantitative estimate of drug-likeness (QED) is 0.229. The second kappa shape index (κ2) is 16.7. The maximum atomic E-state index is 5.84. The fraction of sp³-hybridized carbons (Fsp3) is 1.00. The highest BCUT2D eigenvalue weighted by Crippen LogP contribution is 2.12. The third-order valence-electron chi connectivity index (χ3n) is 4.43. The molecule has 0 aromatic carbocycles. The van der Waals surface area contributed by atoms with E-state index in [9.17, 15) is 0 Å². The average molecular weight is 423 g/mol. The molecule has 4 unspecified atom stereocenters. The summed E-state index contributed by atoms with van der Waals surface area (Å²) in [5.41, 5.74) is 0. The van der Waals surface area contributed by atoms with Gasteiger partial charge in [-0.25, -0.2) is 0 Å². The van der Waals surface area contributed by atoms with Gasteiger partial charge in [-0.2, -0.15) is 0 Å². The molecule has 0 bridgehead atoms. The molecule has 0 aliphatic carbocycles. The van der Waals surface area contributed by atoms with E-state index < -0.39 is 8.32 Å². The molecule has 0 spiro atoms. The van der Waals surface area contributed by atoms with Crippen LogP contribution in [0, 0.1) is 0 Å². The second-order valence-corrected chi connectivity index (χ2v) is 12.7. The Morgan fingerprint density at radius 1 is 0.679 bits per heavy atom. The van der Waals surface area contributed by atoms with E-state index in [1.807, 2.05) is 34.8 Å². The van der Waals surface area contributed by atoms with Gasteiger partial charge >= 0.3 is 0 Å². The van der Waals surface area contributed by atoms with Crippen LogP contribution in [0.25, 0.3) is 0 Å². The third kappa shape index (κ3) is 16.9. The number of rotatable bonds is 19. The van der Waals surface area contributed by atoms with Crippen LogP contribution in [0.3, 0.4) is 0 Å². The molecular formula is C21H46O6Si. The van der Waals surface area contributed by atoms with E-state index in [0.29, 0.717) is 26.4 Å². The highest BCUT2D eigenvalue weighted by Gasteiger charge is 2.19. The molecule has 170 valence electrons. The lowest BCUT2D eigenvalue weighted by Crippen LogP contribution is -2.29. The van der Waals surface area contributed by atoms with Crippen LogP contribution in [0.15, 0.2) is 0 Å². The van der Waals surface area contributed by atoms with Gasteiger partial charge in [-0.3, -0.25) is 0 Å². The maximum Gasteiger partial charge on any atom is 0.186 e. The van der Waals surface area contributed by atoms with Gasteiger partial charge in [-0.05, 0) is 59.7 Å². The highest BCUT2D eigenvalue weighted by atomic mass is 28.4. The van der Waals surface area contributed by atoms with Crippen LogP contribution in [0.1, 0.15) is 47.5 Å². The smallest absolute Gasteiger partial charge is 0.186 e. The molecule has 7 heteroatoms. The van der Waals surface area contributed by atoms with Crippen molar-refractivity contribution < 1.29 is 28.1 Å². The van der Waals surface area contributed by atoms with Crippen molar-refractivity contribution in [1.29, 1.82) is 0 Å². The van der Waals surface area contributed by atoms with E-state index in [1.165, 1.54) is 0 Å². The zero-order valence-electron chi connectivity index (χ0n) is 19.6. The molecule has 0 saturated heterocycles. The van der Waals surface area contributed by atoms with Crippen molar-refractivity contribution in [2.45, 2.75) is 91.0 Å². The van der Waals surface area contributed by atoms with E-state index in [-0.39, 0.29) is 24.4 Å². The number of ether oxygens (including phenoxy) is 5. The molecule has 0 aromatic heterocycles. The van der Waals surface area contributed by atoms with Gasteiger partial charge in [0.25, 0.3) is 0 Å². The molecule has 0 rings (SSSR count). The van der Waals surface area contributed by atoms with Crippen molar-refractivity contribution >= 4 is 8.32 Å². The highest BCUT2D eigenvalue weighted by molar-refractivity contribution is 6.71. The van der Waals surface area contributed by atoms with Crippen molar-refractivity contribution in [3.63, 3.8) is 0 Å². The fourth-order valence-electron chi connectivity index (χ4n) is 2.37. The average Bonchev–Trinajstić information content (AvgIpc) is 2.66. The minimum atomic E-state index is -1.48. The first kappa shape index (κ1) is 28.0. The summed E-state index contributed by atoms with van der Waals surface area (Å²) in [4.78, 5) is 0. The standard InChI is InChI=1S/C21H46O6Si/c1-9-11-23-14-18(2)25-16-20(4)27-17-21(5)26-15-19(3)24-12-10-13-28(7,8)22-6/h18-21H,9-17H2,1-8H3. The van der Waals surface area contributed by atoms with Crippen molar-refractivity contribution in [3.05, 3.63) is 0 Å². The Morgan fingerprint density at radius 3 is 1.61 bits per heavy atom. The van der Waals surface area contributed by atoms with Gasteiger partial charge < -0.3 is 28.1 Å². The van der Waals surface area contributed by atoms with Crippen LogP contribution < -0.4 is 0 Å². The van der Waals surface area contributed by atoms with Gasteiger partial charge in [0.05, 0.1) is 50.8 Å². The molecule has 0 heterocycles. The molecule has 0 saturated carbocycles. The predicted octanol–water partition coefficient (Wildman–Crippen LogP) is 4.28. The molecule has 0 aliphatic rings. The first-order valence-electron chi connectivity index (χ1n) is 10.8. The number of hydrogen-bond acceptors (Lipinski definition) is 6.